The summed E-state index contributed by atoms with van der Waals surface area (Å²) in [5.74, 6) is 0.659. The molecule has 0 bridgehead atoms. The summed E-state index contributed by atoms with van der Waals surface area (Å²) in [6.45, 7) is 13.0. The fraction of sp³-hybridized carbons (Fsp3) is 0.182. The number of para-hydroxylation sites is 1. The first-order chi connectivity index (χ1) is 23.2. The number of hydrogen-bond donors (Lipinski definition) is 2. The van der Waals surface area contributed by atoms with Crippen LogP contribution in [0, 0.1) is 0 Å². The highest BCUT2D eigenvalue weighted by atomic mass is 16.4. The predicted molar refractivity (Wildman–Crippen MR) is 205 cm³/mol. The average Bonchev–Trinajstić information content (AvgIpc) is 3.57. The van der Waals surface area contributed by atoms with Crippen LogP contribution in [0.2, 0.25) is 0 Å². The molecular weight excluding hydrogens is 585 g/mol. The van der Waals surface area contributed by atoms with Crippen LogP contribution in [-0.4, -0.2) is 21.7 Å². The summed E-state index contributed by atoms with van der Waals surface area (Å²) in [7, 11) is -1.49. The van der Waals surface area contributed by atoms with Crippen LogP contribution in [0.4, 0.5) is 0 Å². The van der Waals surface area contributed by atoms with Crippen molar-refractivity contribution in [3.8, 4) is 27.9 Å². The SMILES string of the molecule is CC.CC(C)c1ccccc1.CC1(C)c2ccccc2-c2cc3c4cc(-c5cccc(B(O)O)c5)ccc4n(-c4ccccc4)c3cc21. The lowest BCUT2D eigenvalue weighted by Gasteiger charge is -2.21. The molecule has 2 N–H and O–H groups in total. The second-order valence-corrected chi connectivity index (χ2v) is 13.1. The molecule has 3 nitrogen and oxygen atoms in total. The van der Waals surface area contributed by atoms with Gasteiger partial charge in [-0.05, 0) is 86.7 Å². The number of benzene rings is 6. The van der Waals surface area contributed by atoms with E-state index >= 15 is 0 Å². The Kier molecular flexibility index (Phi) is 9.41. The van der Waals surface area contributed by atoms with Crippen molar-refractivity contribution >= 4 is 34.4 Å². The molecule has 0 saturated carbocycles. The maximum absolute atomic E-state index is 9.70. The van der Waals surface area contributed by atoms with E-state index in [1.807, 2.05) is 38.1 Å². The van der Waals surface area contributed by atoms with Gasteiger partial charge in [0.1, 0.15) is 0 Å². The van der Waals surface area contributed by atoms with Crippen LogP contribution in [0.3, 0.4) is 0 Å². The molecule has 6 aromatic carbocycles. The van der Waals surface area contributed by atoms with Crippen molar-refractivity contribution < 1.29 is 10.0 Å². The fourth-order valence-electron chi connectivity index (χ4n) is 6.97. The summed E-state index contributed by atoms with van der Waals surface area (Å²) in [5.41, 5.74) is 12.6. The van der Waals surface area contributed by atoms with Crippen LogP contribution in [0.15, 0.2) is 140 Å². The molecule has 0 amide bonds. The number of hydrogen-bond acceptors (Lipinski definition) is 2. The molecule has 0 saturated heterocycles. The summed E-state index contributed by atoms with van der Waals surface area (Å²) >= 11 is 0. The summed E-state index contributed by atoms with van der Waals surface area (Å²) in [6, 6.07) is 48.6. The van der Waals surface area contributed by atoms with Gasteiger partial charge in [0.2, 0.25) is 0 Å². The van der Waals surface area contributed by atoms with Crippen molar-refractivity contribution in [3.05, 3.63) is 156 Å². The normalized spacial score (nSPS) is 12.5. The van der Waals surface area contributed by atoms with E-state index in [-0.39, 0.29) is 5.41 Å². The van der Waals surface area contributed by atoms with E-state index in [0.29, 0.717) is 11.4 Å². The maximum atomic E-state index is 9.70. The zero-order valence-corrected chi connectivity index (χ0v) is 28.8. The molecule has 0 fully saturated rings. The van der Waals surface area contributed by atoms with Gasteiger partial charge < -0.3 is 14.6 Å². The topological polar surface area (TPSA) is 45.4 Å². The molecule has 48 heavy (non-hydrogen) atoms. The van der Waals surface area contributed by atoms with Crippen molar-refractivity contribution in [1.82, 2.24) is 4.57 Å². The molecule has 0 unspecified atom stereocenters. The van der Waals surface area contributed by atoms with Crippen molar-refractivity contribution in [2.24, 2.45) is 0 Å². The van der Waals surface area contributed by atoms with Crippen molar-refractivity contribution in [1.29, 1.82) is 0 Å². The Bertz CT molecular complexity index is 2180. The summed E-state index contributed by atoms with van der Waals surface area (Å²) < 4.78 is 2.36. The van der Waals surface area contributed by atoms with Gasteiger partial charge in [-0.2, -0.15) is 0 Å². The average molecular weight is 630 g/mol. The Labute approximate surface area is 285 Å². The third kappa shape index (κ3) is 5.98. The van der Waals surface area contributed by atoms with Crippen molar-refractivity contribution in [2.45, 2.75) is 52.9 Å². The third-order valence-electron chi connectivity index (χ3n) is 9.47. The van der Waals surface area contributed by atoms with Gasteiger partial charge in [-0.3, -0.25) is 0 Å². The van der Waals surface area contributed by atoms with Crippen molar-refractivity contribution in [3.63, 3.8) is 0 Å². The van der Waals surface area contributed by atoms with Crippen LogP contribution in [0.1, 0.15) is 64.2 Å². The van der Waals surface area contributed by atoms with Crippen molar-refractivity contribution in [2.75, 3.05) is 0 Å². The molecule has 1 aromatic heterocycles. The van der Waals surface area contributed by atoms with Gasteiger partial charge in [-0.15, -0.1) is 0 Å². The Morgan fingerprint density at radius 3 is 1.85 bits per heavy atom. The van der Waals surface area contributed by atoms with Crippen LogP contribution >= 0.6 is 0 Å². The second-order valence-electron chi connectivity index (χ2n) is 13.1. The lowest BCUT2D eigenvalue weighted by atomic mass is 9.79. The lowest BCUT2D eigenvalue weighted by Crippen LogP contribution is -2.29. The minimum absolute atomic E-state index is 0.0746. The largest absolute Gasteiger partial charge is 0.488 e. The van der Waals surface area contributed by atoms with Gasteiger partial charge in [-0.1, -0.05) is 145 Å². The number of fused-ring (bicyclic) bond motifs is 6. The molecule has 7 aromatic rings. The monoisotopic (exact) mass is 629 g/mol. The van der Waals surface area contributed by atoms with E-state index in [1.54, 1.807) is 6.07 Å². The Balaban J connectivity index is 0.000000315. The molecule has 240 valence electrons. The van der Waals surface area contributed by atoms with Gasteiger partial charge in [0, 0.05) is 21.9 Å². The summed E-state index contributed by atoms with van der Waals surface area (Å²) in [6.07, 6.45) is 0. The van der Waals surface area contributed by atoms with E-state index in [4.69, 9.17) is 0 Å². The lowest BCUT2D eigenvalue weighted by molar-refractivity contribution is 0.426. The quantitative estimate of drug-likeness (QED) is 0.190. The van der Waals surface area contributed by atoms with Crippen LogP contribution in [0.25, 0.3) is 49.7 Å². The molecule has 0 atom stereocenters. The molecule has 1 aliphatic carbocycles. The molecule has 4 heteroatoms. The smallest absolute Gasteiger partial charge is 0.423 e. The summed E-state index contributed by atoms with van der Waals surface area (Å²) in [4.78, 5) is 0. The zero-order chi connectivity index (χ0) is 34.0. The summed E-state index contributed by atoms with van der Waals surface area (Å²) in [5, 5.41) is 21.8. The molecule has 0 aliphatic heterocycles. The van der Waals surface area contributed by atoms with E-state index in [1.165, 1.54) is 44.1 Å². The van der Waals surface area contributed by atoms with Crippen LogP contribution in [0.5, 0.6) is 0 Å². The highest BCUT2D eigenvalue weighted by molar-refractivity contribution is 6.58. The number of nitrogens with zero attached hydrogens (tertiary/aromatic N) is 1. The zero-order valence-electron chi connectivity index (χ0n) is 28.8. The second kappa shape index (κ2) is 13.7. The molecule has 1 heterocycles. The van der Waals surface area contributed by atoms with Gasteiger partial charge >= 0.3 is 7.12 Å². The van der Waals surface area contributed by atoms with Gasteiger partial charge in [-0.25, -0.2) is 0 Å². The standard InChI is InChI=1S/C33H26BNO2.C9H12.C2H6/c1-33(2)29-14-7-6-13-25(29)26-19-28-27-18-22(21-9-8-10-23(17-21)34(36)37)15-16-31(27)35(32(28)20-30(26)33)24-11-4-3-5-12-24;1-8(2)9-6-4-3-5-7-9;1-2/h3-20,36-37H,1-2H3;3-8H,1-2H3;1-2H3. The number of aromatic nitrogens is 1. The Hall–Kier alpha value is -4.90. The van der Waals surface area contributed by atoms with Gasteiger partial charge in [0.05, 0.1) is 11.0 Å². The highest BCUT2D eigenvalue weighted by Gasteiger charge is 2.36. The van der Waals surface area contributed by atoms with E-state index in [9.17, 15) is 10.0 Å². The van der Waals surface area contributed by atoms with E-state index in [0.717, 1.165) is 22.3 Å². The minimum Gasteiger partial charge on any atom is -0.423 e. The Morgan fingerprint density at radius 1 is 0.562 bits per heavy atom. The molecule has 0 spiro atoms. The minimum atomic E-state index is -1.49. The number of rotatable bonds is 4. The Morgan fingerprint density at radius 2 is 1.19 bits per heavy atom. The van der Waals surface area contributed by atoms with E-state index < -0.39 is 7.12 Å². The van der Waals surface area contributed by atoms with Crippen LogP contribution < -0.4 is 5.46 Å². The van der Waals surface area contributed by atoms with Crippen LogP contribution in [-0.2, 0) is 5.41 Å². The predicted octanol–water partition coefficient (Wildman–Crippen LogP) is 10.3. The highest BCUT2D eigenvalue weighted by Crippen LogP contribution is 2.51. The third-order valence-corrected chi connectivity index (χ3v) is 9.47. The van der Waals surface area contributed by atoms with Gasteiger partial charge in [0.25, 0.3) is 0 Å². The molecule has 8 rings (SSSR count). The first-order valence-electron chi connectivity index (χ1n) is 17.0. The van der Waals surface area contributed by atoms with Gasteiger partial charge in [0.15, 0.2) is 0 Å². The van der Waals surface area contributed by atoms with E-state index in [2.05, 4.69) is 141 Å². The molecule has 0 radical (unpaired) electrons. The first kappa shape index (κ1) is 33.0. The fourth-order valence-corrected chi connectivity index (χ4v) is 6.97. The maximum Gasteiger partial charge on any atom is 0.488 e. The first-order valence-corrected chi connectivity index (χ1v) is 17.0. The molecule has 1 aliphatic rings. The molecular formula is C44H44BNO2.